The van der Waals surface area contributed by atoms with Crippen molar-refractivity contribution in [3.8, 4) is 16.9 Å². The molecular weight excluding hydrogens is 318 g/mol. The molecular formula is C24H21NO. The minimum Gasteiger partial charge on any atom is -0.465 e. The maximum Gasteiger partial charge on any atom is 0.131 e. The molecule has 0 amide bonds. The first-order valence-corrected chi connectivity index (χ1v) is 8.47. The average molecular weight is 339 g/mol. The molecule has 3 rings (SSSR count). The molecule has 0 atom stereocenters. The largest absolute Gasteiger partial charge is 0.465 e. The van der Waals surface area contributed by atoms with Gasteiger partial charge in [0.2, 0.25) is 0 Å². The Labute approximate surface area is 154 Å². The highest BCUT2D eigenvalue weighted by Crippen LogP contribution is 2.29. The SMILES string of the molecule is C=C=C/C=C\Oc1cccc(Nc2ccc(-c3ccccc3)cc2)c1C. The monoisotopic (exact) mass is 339 g/mol. The normalized spacial score (nSPS) is 10.3. The Morgan fingerprint density at radius 1 is 0.885 bits per heavy atom. The fourth-order valence-corrected chi connectivity index (χ4v) is 2.63. The van der Waals surface area contributed by atoms with E-state index in [0.717, 1.165) is 22.7 Å². The molecule has 0 saturated heterocycles. The fourth-order valence-electron chi connectivity index (χ4n) is 2.63. The van der Waals surface area contributed by atoms with Crippen LogP contribution in [-0.4, -0.2) is 0 Å². The van der Waals surface area contributed by atoms with Gasteiger partial charge in [0.05, 0.1) is 6.26 Å². The molecule has 0 unspecified atom stereocenters. The van der Waals surface area contributed by atoms with E-state index in [4.69, 9.17) is 4.74 Å². The maximum absolute atomic E-state index is 5.67. The number of benzene rings is 3. The highest BCUT2D eigenvalue weighted by Gasteiger charge is 2.05. The summed E-state index contributed by atoms with van der Waals surface area (Å²) in [6.45, 7) is 5.55. The van der Waals surface area contributed by atoms with Crippen LogP contribution in [0, 0.1) is 6.92 Å². The third kappa shape index (κ3) is 4.32. The van der Waals surface area contributed by atoms with Gasteiger partial charge < -0.3 is 10.1 Å². The van der Waals surface area contributed by atoms with Gasteiger partial charge in [-0.2, -0.15) is 0 Å². The van der Waals surface area contributed by atoms with Gasteiger partial charge in [0.25, 0.3) is 0 Å². The molecule has 128 valence electrons. The van der Waals surface area contributed by atoms with Gasteiger partial charge in [0, 0.05) is 16.9 Å². The van der Waals surface area contributed by atoms with Crippen molar-refractivity contribution in [2.24, 2.45) is 0 Å². The highest BCUT2D eigenvalue weighted by molar-refractivity contribution is 5.70. The number of rotatable bonds is 6. The Kier molecular flexibility index (Phi) is 5.72. The van der Waals surface area contributed by atoms with Crippen molar-refractivity contribution in [3.05, 3.63) is 109 Å². The molecule has 0 aliphatic rings. The van der Waals surface area contributed by atoms with Crippen molar-refractivity contribution in [3.63, 3.8) is 0 Å². The third-order valence-corrected chi connectivity index (χ3v) is 4.04. The van der Waals surface area contributed by atoms with Crippen molar-refractivity contribution in [1.29, 1.82) is 0 Å². The highest BCUT2D eigenvalue weighted by atomic mass is 16.5. The number of nitrogens with one attached hydrogen (secondary N) is 1. The molecule has 0 bridgehead atoms. The molecule has 2 heteroatoms. The topological polar surface area (TPSA) is 21.3 Å². The minimum atomic E-state index is 0.810. The van der Waals surface area contributed by atoms with Crippen LogP contribution in [0.4, 0.5) is 11.4 Å². The number of allylic oxidation sites excluding steroid dienone is 2. The molecule has 2 nitrogen and oxygen atoms in total. The first kappa shape index (κ1) is 17.3. The standard InChI is InChI=1S/C24H21NO/c1-3-4-8-18-26-24-13-9-12-23(19(24)2)25-22-16-14-21(15-17-22)20-10-6-5-7-11-20/h4-18,25H,1H2,2H3/b18-8-. The summed E-state index contributed by atoms with van der Waals surface area (Å²) in [7, 11) is 0. The molecule has 0 heterocycles. The molecule has 1 N–H and O–H groups in total. The molecule has 3 aromatic rings. The predicted octanol–water partition coefficient (Wildman–Crippen LogP) is 6.64. The summed E-state index contributed by atoms with van der Waals surface area (Å²) >= 11 is 0. The van der Waals surface area contributed by atoms with Crippen molar-refractivity contribution in [2.75, 3.05) is 5.32 Å². The van der Waals surface area contributed by atoms with Gasteiger partial charge in [-0.1, -0.05) is 55.1 Å². The molecule has 0 aromatic heterocycles. The van der Waals surface area contributed by atoms with E-state index in [9.17, 15) is 0 Å². The van der Waals surface area contributed by atoms with Crippen LogP contribution in [-0.2, 0) is 0 Å². The fraction of sp³-hybridized carbons (Fsp3) is 0.0417. The van der Waals surface area contributed by atoms with Crippen LogP contribution in [0.5, 0.6) is 5.75 Å². The van der Waals surface area contributed by atoms with E-state index in [2.05, 4.69) is 66.2 Å². The zero-order valence-corrected chi connectivity index (χ0v) is 14.8. The zero-order chi connectivity index (χ0) is 18.2. The Bertz CT molecular complexity index is 934. The average Bonchev–Trinajstić information content (AvgIpc) is 2.69. The number of ether oxygens (including phenoxy) is 1. The van der Waals surface area contributed by atoms with E-state index in [1.165, 1.54) is 11.1 Å². The Morgan fingerprint density at radius 2 is 1.62 bits per heavy atom. The van der Waals surface area contributed by atoms with Crippen LogP contribution in [0.25, 0.3) is 11.1 Å². The lowest BCUT2D eigenvalue weighted by atomic mass is 10.1. The van der Waals surface area contributed by atoms with E-state index in [1.54, 1.807) is 18.4 Å². The Hall–Kier alpha value is -3.48. The lowest BCUT2D eigenvalue weighted by molar-refractivity contribution is 0.478. The van der Waals surface area contributed by atoms with Gasteiger partial charge in [-0.25, -0.2) is 0 Å². The number of hydrogen-bond donors (Lipinski definition) is 1. The second kappa shape index (κ2) is 8.57. The van der Waals surface area contributed by atoms with E-state index < -0.39 is 0 Å². The van der Waals surface area contributed by atoms with Crippen LogP contribution in [0.3, 0.4) is 0 Å². The first-order chi connectivity index (χ1) is 12.8. The van der Waals surface area contributed by atoms with Crippen molar-refractivity contribution in [2.45, 2.75) is 6.92 Å². The maximum atomic E-state index is 5.67. The van der Waals surface area contributed by atoms with Gasteiger partial charge in [-0.3, -0.25) is 0 Å². The second-order valence-corrected chi connectivity index (χ2v) is 5.81. The van der Waals surface area contributed by atoms with E-state index in [0.29, 0.717) is 0 Å². The predicted molar refractivity (Wildman–Crippen MR) is 110 cm³/mol. The quantitative estimate of drug-likeness (QED) is 0.309. The molecule has 0 fully saturated rings. The van der Waals surface area contributed by atoms with E-state index in [-0.39, 0.29) is 0 Å². The summed E-state index contributed by atoms with van der Waals surface area (Å²) in [5.41, 5.74) is 8.19. The van der Waals surface area contributed by atoms with Crippen molar-refractivity contribution in [1.82, 2.24) is 0 Å². The van der Waals surface area contributed by atoms with E-state index in [1.807, 2.05) is 31.2 Å². The first-order valence-electron chi connectivity index (χ1n) is 8.47. The number of hydrogen-bond acceptors (Lipinski definition) is 2. The number of anilines is 2. The van der Waals surface area contributed by atoms with Gasteiger partial charge in [-0.15, -0.1) is 5.73 Å². The smallest absolute Gasteiger partial charge is 0.131 e. The molecule has 3 aromatic carbocycles. The summed E-state index contributed by atoms with van der Waals surface area (Å²) in [6, 6.07) is 24.7. The van der Waals surface area contributed by atoms with Crippen molar-refractivity contribution >= 4 is 11.4 Å². The van der Waals surface area contributed by atoms with Crippen molar-refractivity contribution < 1.29 is 4.74 Å². The van der Waals surface area contributed by atoms with Gasteiger partial charge >= 0.3 is 0 Å². The lowest BCUT2D eigenvalue weighted by Crippen LogP contribution is -1.95. The molecule has 0 spiro atoms. The third-order valence-electron chi connectivity index (χ3n) is 4.04. The second-order valence-electron chi connectivity index (χ2n) is 5.81. The minimum absolute atomic E-state index is 0.810. The summed E-state index contributed by atoms with van der Waals surface area (Å²) in [5.74, 6) is 0.810. The van der Waals surface area contributed by atoms with Crippen LogP contribution in [0.2, 0.25) is 0 Å². The van der Waals surface area contributed by atoms with E-state index >= 15 is 0 Å². The van der Waals surface area contributed by atoms with Gasteiger partial charge in [-0.05, 0) is 54.5 Å². The summed E-state index contributed by atoms with van der Waals surface area (Å²) < 4.78 is 5.67. The molecule has 0 radical (unpaired) electrons. The summed E-state index contributed by atoms with van der Waals surface area (Å²) in [4.78, 5) is 0. The van der Waals surface area contributed by atoms with Gasteiger partial charge in [0.15, 0.2) is 0 Å². The van der Waals surface area contributed by atoms with Crippen LogP contribution in [0.15, 0.2) is 104 Å². The Balaban J connectivity index is 1.75. The van der Waals surface area contributed by atoms with Gasteiger partial charge in [0.1, 0.15) is 5.75 Å². The molecule has 0 aliphatic carbocycles. The van der Waals surface area contributed by atoms with Crippen LogP contribution in [0.1, 0.15) is 5.56 Å². The van der Waals surface area contributed by atoms with Crippen LogP contribution >= 0.6 is 0 Å². The summed E-state index contributed by atoms with van der Waals surface area (Å²) in [5, 5.41) is 3.46. The Morgan fingerprint density at radius 3 is 2.35 bits per heavy atom. The molecule has 0 saturated carbocycles. The lowest BCUT2D eigenvalue weighted by Gasteiger charge is -2.13. The molecule has 0 aliphatic heterocycles. The zero-order valence-electron chi connectivity index (χ0n) is 14.8. The molecule has 26 heavy (non-hydrogen) atoms. The van der Waals surface area contributed by atoms with Crippen LogP contribution < -0.4 is 10.1 Å². The summed E-state index contributed by atoms with van der Waals surface area (Å²) in [6.07, 6.45) is 5.08.